The van der Waals surface area contributed by atoms with E-state index in [4.69, 9.17) is 4.74 Å². The van der Waals surface area contributed by atoms with E-state index in [9.17, 15) is 14.9 Å². The number of amides is 1. The lowest BCUT2D eigenvalue weighted by atomic mass is 9.99. The zero-order chi connectivity index (χ0) is 22.8. The molecule has 0 unspecified atom stereocenters. The number of rotatable bonds is 4. The van der Waals surface area contributed by atoms with Crippen LogP contribution in [-0.2, 0) is 4.74 Å². The van der Waals surface area contributed by atoms with Gasteiger partial charge in [-0.3, -0.25) is 20.0 Å². The Morgan fingerprint density at radius 3 is 2.45 bits per heavy atom. The Bertz CT molecular complexity index is 958. The molecule has 2 aromatic heterocycles. The molecular weight excluding hydrogens is 400 g/mol. The molecule has 10 heteroatoms. The molecule has 166 valence electrons. The number of anilines is 3. The molecule has 3 heterocycles. The molecule has 1 aliphatic heterocycles. The zero-order valence-electron chi connectivity index (χ0n) is 18.5. The van der Waals surface area contributed by atoms with Gasteiger partial charge in [0.25, 0.3) is 0 Å². The Hall–Kier alpha value is -3.43. The number of aromatic nitrogens is 2. The molecule has 0 atom stereocenters. The van der Waals surface area contributed by atoms with E-state index in [0.717, 1.165) is 0 Å². The van der Waals surface area contributed by atoms with E-state index in [2.05, 4.69) is 15.3 Å². The van der Waals surface area contributed by atoms with E-state index >= 15 is 0 Å². The molecule has 1 amide bonds. The molecule has 0 aliphatic carbocycles. The summed E-state index contributed by atoms with van der Waals surface area (Å²) in [6.07, 6.45) is 2.83. The predicted molar refractivity (Wildman–Crippen MR) is 118 cm³/mol. The molecule has 10 nitrogen and oxygen atoms in total. The van der Waals surface area contributed by atoms with Gasteiger partial charge in [0, 0.05) is 43.8 Å². The molecule has 1 fully saturated rings. The molecule has 2 aromatic rings. The number of carbonyl (C=O) groups excluding carboxylic acids is 1. The average molecular weight is 428 g/mol. The fourth-order valence-corrected chi connectivity index (χ4v) is 3.43. The van der Waals surface area contributed by atoms with Crippen LogP contribution in [-0.4, -0.2) is 56.7 Å². The molecule has 0 saturated carbocycles. The van der Waals surface area contributed by atoms with Crippen molar-refractivity contribution >= 4 is 29.1 Å². The first-order chi connectivity index (χ1) is 14.5. The summed E-state index contributed by atoms with van der Waals surface area (Å²) < 4.78 is 5.54. The van der Waals surface area contributed by atoms with Gasteiger partial charge in [0.1, 0.15) is 11.4 Å². The van der Waals surface area contributed by atoms with Crippen LogP contribution in [0.1, 0.15) is 34.6 Å². The van der Waals surface area contributed by atoms with E-state index in [1.165, 1.54) is 6.07 Å². The average Bonchev–Trinajstić information content (AvgIpc) is 2.66. The monoisotopic (exact) mass is 428 g/mol. The van der Waals surface area contributed by atoms with Crippen LogP contribution in [0, 0.1) is 10.1 Å². The first kappa shape index (κ1) is 22.3. The number of nitrogens with one attached hydrogen (secondary N) is 1. The summed E-state index contributed by atoms with van der Waals surface area (Å²) in [4.78, 5) is 35.8. The van der Waals surface area contributed by atoms with Gasteiger partial charge < -0.3 is 15.0 Å². The Kier molecular flexibility index (Phi) is 6.01. The van der Waals surface area contributed by atoms with Crippen molar-refractivity contribution in [1.29, 1.82) is 0 Å². The minimum Gasteiger partial charge on any atom is -0.444 e. The second kappa shape index (κ2) is 8.37. The van der Waals surface area contributed by atoms with Crippen molar-refractivity contribution in [1.82, 2.24) is 14.9 Å². The van der Waals surface area contributed by atoms with Gasteiger partial charge in [-0.1, -0.05) is 0 Å². The highest BCUT2D eigenvalue weighted by molar-refractivity contribution is 5.70. The SMILES string of the molecule is CC(C)(C)OC(=O)N1CCN(c2ccc([N+](=O)[O-])c(Nc3ccncc3)n2)CC1(C)C. The van der Waals surface area contributed by atoms with Crippen LogP contribution in [0.5, 0.6) is 0 Å². The third-order valence-corrected chi connectivity index (χ3v) is 4.84. The normalized spacial score (nSPS) is 16.0. The summed E-state index contributed by atoms with van der Waals surface area (Å²) in [6.45, 7) is 10.9. The Labute approximate surface area is 181 Å². The van der Waals surface area contributed by atoms with Crippen molar-refractivity contribution in [3.05, 3.63) is 46.8 Å². The van der Waals surface area contributed by atoms with Crippen LogP contribution in [0.15, 0.2) is 36.7 Å². The molecule has 0 aromatic carbocycles. The number of pyridine rings is 2. The topological polar surface area (TPSA) is 114 Å². The highest BCUT2D eigenvalue weighted by Gasteiger charge is 2.39. The first-order valence-corrected chi connectivity index (χ1v) is 10.0. The summed E-state index contributed by atoms with van der Waals surface area (Å²) in [7, 11) is 0. The van der Waals surface area contributed by atoms with Gasteiger partial charge in [0.15, 0.2) is 0 Å². The van der Waals surface area contributed by atoms with E-state index in [1.807, 2.05) is 39.5 Å². The maximum absolute atomic E-state index is 12.6. The maximum atomic E-state index is 12.6. The smallest absolute Gasteiger partial charge is 0.410 e. The van der Waals surface area contributed by atoms with Crippen LogP contribution in [0.2, 0.25) is 0 Å². The van der Waals surface area contributed by atoms with E-state index in [0.29, 0.717) is 31.1 Å². The van der Waals surface area contributed by atoms with Crippen LogP contribution in [0.4, 0.5) is 27.8 Å². The van der Waals surface area contributed by atoms with Crippen LogP contribution in [0.3, 0.4) is 0 Å². The quantitative estimate of drug-likeness (QED) is 0.575. The summed E-state index contributed by atoms with van der Waals surface area (Å²) in [5.74, 6) is 0.750. The molecule has 1 aliphatic rings. The summed E-state index contributed by atoms with van der Waals surface area (Å²) >= 11 is 0. The maximum Gasteiger partial charge on any atom is 0.410 e. The predicted octanol–water partition coefficient (Wildman–Crippen LogP) is 3.96. The van der Waals surface area contributed by atoms with Gasteiger partial charge in [-0.2, -0.15) is 0 Å². The molecule has 3 rings (SSSR count). The van der Waals surface area contributed by atoms with Crippen molar-refractivity contribution in [2.45, 2.75) is 45.8 Å². The van der Waals surface area contributed by atoms with Gasteiger partial charge in [-0.05, 0) is 52.8 Å². The number of hydrogen-bond donors (Lipinski definition) is 1. The second-order valence-electron chi connectivity index (χ2n) is 9.02. The Balaban J connectivity index is 1.82. The summed E-state index contributed by atoms with van der Waals surface area (Å²) in [5.41, 5.74) is -0.550. The third kappa shape index (κ3) is 5.39. The number of piperazine rings is 1. The van der Waals surface area contributed by atoms with Gasteiger partial charge in [-0.15, -0.1) is 0 Å². The summed E-state index contributed by atoms with van der Waals surface area (Å²) in [5, 5.41) is 14.5. The first-order valence-electron chi connectivity index (χ1n) is 10.0. The lowest BCUT2D eigenvalue weighted by molar-refractivity contribution is -0.384. The number of ether oxygens (including phenoxy) is 1. The molecular formula is C21H28N6O4. The molecule has 0 bridgehead atoms. The van der Waals surface area contributed by atoms with Gasteiger partial charge in [0.2, 0.25) is 5.82 Å². The molecule has 31 heavy (non-hydrogen) atoms. The molecule has 0 spiro atoms. The van der Waals surface area contributed by atoms with Crippen molar-refractivity contribution in [2.75, 3.05) is 29.9 Å². The number of nitro groups is 1. The lowest BCUT2D eigenvalue weighted by Crippen LogP contribution is -2.62. The van der Waals surface area contributed by atoms with Crippen LogP contribution < -0.4 is 10.2 Å². The van der Waals surface area contributed by atoms with Crippen LogP contribution >= 0.6 is 0 Å². The van der Waals surface area contributed by atoms with Crippen molar-refractivity contribution < 1.29 is 14.5 Å². The molecule has 1 saturated heterocycles. The number of hydrogen-bond acceptors (Lipinski definition) is 8. The zero-order valence-corrected chi connectivity index (χ0v) is 18.5. The van der Waals surface area contributed by atoms with Gasteiger partial charge in [-0.25, -0.2) is 9.78 Å². The highest BCUT2D eigenvalue weighted by atomic mass is 16.6. The number of carbonyl (C=O) groups is 1. The minimum atomic E-state index is -0.572. The number of nitrogens with zero attached hydrogens (tertiary/aromatic N) is 5. The van der Waals surface area contributed by atoms with E-state index in [1.54, 1.807) is 35.5 Å². The van der Waals surface area contributed by atoms with Crippen molar-refractivity contribution in [3.8, 4) is 0 Å². The highest BCUT2D eigenvalue weighted by Crippen LogP contribution is 2.31. The molecule has 0 radical (unpaired) electrons. The lowest BCUT2D eigenvalue weighted by Gasteiger charge is -2.47. The fourth-order valence-electron chi connectivity index (χ4n) is 3.43. The Morgan fingerprint density at radius 1 is 1.19 bits per heavy atom. The van der Waals surface area contributed by atoms with Crippen molar-refractivity contribution in [3.63, 3.8) is 0 Å². The fraction of sp³-hybridized carbons (Fsp3) is 0.476. The standard InChI is InChI=1S/C21H28N6O4/c1-20(2,3)31-19(28)26-13-12-25(14-21(26,4)5)17-7-6-16(27(29)30)18(24-17)23-15-8-10-22-11-9-15/h6-11H,12-14H2,1-5H3,(H,22,23,24). The van der Waals surface area contributed by atoms with E-state index in [-0.39, 0.29) is 17.6 Å². The van der Waals surface area contributed by atoms with Gasteiger partial charge in [0.05, 0.1) is 10.5 Å². The van der Waals surface area contributed by atoms with Crippen molar-refractivity contribution in [2.24, 2.45) is 0 Å². The summed E-state index contributed by atoms with van der Waals surface area (Å²) in [6, 6.07) is 6.50. The molecule has 1 N–H and O–H groups in total. The minimum absolute atomic E-state index is 0.118. The van der Waals surface area contributed by atoms with Crippen LogP contribution in [0.25, 0.3) is 0 Å². The van der Waals surface area contributed by atoms with Gasteiger partial charge >= 0.3 is 11.8 Å². The third-order valence-electron chi connectivity index (χ3n) is 4.84. The second-order valence-corrected chi connectivity index (χ2v) is 9.02. The Morgan fingerprint density at radius 2 is 1.87 bits per heavy atom. The van der Waals surface area contributed by atoms with E-state index < -0.39 is 16.1 Å². The largest absolute Gasteiger partial charge is 0.444 e.